The Hall–Kier alpha value is -0.0800. The van der Waals surface area contributed by atoms with Crippen molar-refractivity contribution in [1.29, 1.82) is 0 Å². The SMILES string of the molecule is CCOC(CC)(CC)C(NC)C(C)C. The predicted octanol–water partition coefficient (Wildman–Crippen LogP) is 2.83. The maximum atomic E-state index is 5.98. The number of rotatable bonds is 7. The molecule has 0 bridgehead atoms. The summed E-state index contributed by atoms with van der Waals surface area (Å²) in [5, 5.41) is 3.40. The molecule has 0 aliphatic heterocycles. The van der Waals surface area contributed by atoms with Crippen molar-refractivity contribution in [3.63, 3.8) is 0 Å². The van der Waals surface area contributed by atoms with E-state index in [-0.39, 0.29) is 5.60 Å². The van der Waals surface area contributed by atoms with Crippen molar-refractivity contribution in [3.8, 4) is 0 Å². The molecule has 1 unspecified atom stereocenters. The van der Waals surface area contributed by atoms with Crippen LogP contribution in [0.5, 0.6) is 0 Å². The van der Waals surface area contributed by atoms with Crippen LogP contribution in [0, 0.1) is 5.92 Å². The van der Waals surface area contributed by atoms with Gasteiger partial charge in [0.25, 0.3) is 0 Å². The van der Waals surface area contributed by atoms with E-state index < -0.39 is 0 Å². The first-order valence-electron chi connectivity index (χ1n) is 5.89. The molecule has 0 aromatic carbocycles. The summed E-state index contributed by atoms with van der Waals surface area (Å²) in [7, 11) is 2.03. The second-order valence-corrected chi connectivity index (χ2v) is 4.22. The third-order valence-electron chi connectivity index (χ3n) is 3.17. The maximum Gasteiger partial charge on any atom is 0.0831 e. The molecule has 0 heterocycles. The van der Waals surface area contributed by atoms with Gasteiger partial charge in [-0.25, -0.2) is 0 Å². The molecule has 0 aliphatic rings. The van der Waals surface area contributed by atoms with Gasteiger partial charge < -0.3 is 10.1 Å². The molecule has 2 nitrogen and oxygen atoms in total. The summed E-state index contributed by atoms with van der Waals surface area (Å²) in [5.74, 6) is 0.603. The van der Waals surface area contributed by atoms with Crippen molar-refractivity contribution in [2.75, 3.05) is 13.7 Å². The molecular formula is C12H27NO. The summed E-state index contributed by atoms with van der Waals surface area (Å²) < 4.78 is 5.98. The quantitative estimate of drug-likeness (QED) is 0.684. The van der Waals surface area contributed by atoms with E-state index in [0.29, 0.717) is 12.0 Å². The lowest BCUT2D eigenvalue weighted by Crippen LogP contribution is -2.53. The van der Waals surface area contributed by atoms with Gasteiger partial charge in [-0.2, -0.15) is 0 Å². The number of likely N-dealkylation sites (N-methyl/N-ethyl adjacent to an activating group) is 1. The van der Waals surface area contributed by atoms with E-state index in [1.807, 2.05) is 7.05 Å². The van der Waals surface area contributed by atoms with Crippen molar-refractivity contribution >= 4 is 0 Å². The van der Waals surface area contributed by atoms with Gasteiger partial charge in [0.2, 0.25) is 0 Å². The average molecular weight is 201 g/mol. The van der Waals surface area contributed by atoms with Crippen LogP contribution in [0.3, 0.4) is 0 Å². The minimum Gasteiger partial charge on any atom is -0.374 e. The molecule has 0 aliphatic carbocycles. The Kier molecular flexibility index (Phi) is 6.38. The fraction of sp³-hybridized carbons (Fsp3) is 1.00. The maximum absolute atomic E-state index is 5.98. The predicted molar refractivity (Wildman–Crippen MR) is 62.6 cm³/mol. The van der Waals surface area contributed by atoms with E-state index in [4.69, 9.17) is 4.74 Å². The van der Waals surface area contributed by atoms with Crippen LogP contribution in [-0.4, -0.2) is 25.3 Å². The average Bonchev–Trinajstić information content (AvgIpc) is 2.17. The van der Waals surface area contributed by atoms with Crippen LogP contribution in [0.1, 0.15) is 47.5 Å². The Bertz CT molecular complexity index is 141. The molecule has 2 heteroatoms. The summed E-state index contributed by atoms with van der Waals surface area (Å²) in [4.78, 5) is 0. The number of hydrogen-bond donors (Lipinski definition) is 1. The molecule has 0 saturated carbocycles. The summed E-state index contributed by atoms with van der Waals surface area (Å²) >= 11 is 0. The van der Waals surface area contributed by atoms with Gasteiger partial charge in [0.1, 0.15) is 0 Å². The van der Waals surface area contributed by atoms with Crippen molar-refractivity contribution in [1.82, 2.24) is 5.32 Å². The van der Waals surface area contributed by atoms with Crippen molar-refractivity contribution in [3.05, 3.63) is 0 Å². The van der Waals surface area contributed by atoms with Crippen LogP contribution in [-0.2, 0) is 4.74 Å². The Labute approximate surface area is 89.4 Å². The van der Waals surface area contributed by atoms with Crippen LogP contribution in [0.25, 0.3) is 0 Å². The lowest BCUT2D eigenvalue weighted by atomic mass is 9.82. The van der Waals surface area contributed by atoms with Gasteiger partial charge >= 0.3 is 0 Å². The molecule has 1 N–H and O–H groups in total. The van der Waals surface area contributed by atoms with Gasteiger partial charge in [0.05, 0.1) is 5.60 Å². The summed E-state index contributed by atoms with van der Waals surface area (Å²) in [6, 6.07) is 0.442. The Morgan fingerprint density at radius 3 is 1.86 bits per heavy atom. The zero-order chi connectivity index (χ0) is 11.2. The molecule has 86 valence electrons. The first-order chi connectivity index (χ1) is 6.57. The zero-order valence-corrected chi connectivity index (χ0v) is 10.7. The molecule has 0 aromatic rings. The molecule has 0 saturated heterocycles. The van der Waals surface area contributed by atoms with Gasteiger partial charge in [-0.05, 0) is 32.7 Å². The van der Waals surface area contributed by atoms with Crippen LogP contribution in [0.15, 0.2) is 0 Å². The first kappa shape index (κ1) is 13.9. The number of nitrogens with one attached hydrogen (secondary N) is 1. The van der Waals surface area contributed by atoms with Crippen molar-refractivity contribution in [2.24, 2.45) is 5.92 Å². The van der Waals surface area contributed by atoms with E-state index in [2.05, 4.69) is 39.9 Å². The molecule has 0 amide bonds. The molecule has 1 atom stereocenters. The first-order valence-corrected chi connectivity index (χ1v) is 5.89. The summed E-state index contributed by atoms with van der Waals surface area (Å²) in [6.07, 6.45) is 2.14. The van der Waals surface area contributed by atoms with Gasteiger partial charge in [0.15, 0.2) is 0 Å². The fourth-order valence-corrected chi connectivity index (χ4v) is 2.48. The second kappa shape index (κ2) is 6.41. The smallest absolute Gasteiger partial charge is 0.0831 e. The van der Waals surface area contributed by atoms with E-state index in [9.17, 15) is 0 Å². The van der Waals surface area contributed by atoms with E-state index in [1.165, 1.54) is 0 Å². The van der Waals surface area contributed by atoms with Gasteiger partial charge in [-0.15, -0.1) is 0 Å². The van der Waals surface area contributed by atoms with E-state index >= 15 is 0 Å². The third kappa shape index (κ3) is 2.96. The molecule has 0 aromatic heterocycles. The summed E-state index contributed by atoms with van der Waals surface area (Å²) in [6.45, 7) is 11.8. The topological polar surface area (TPSA) is 21.3 Å². The Morgan fingerprint density at radius 2 is 1.64 bits per heavy atom. The Balaban J connectivity index is 4.72. The van der Waals surface area contributed by atoms with Crippen molar-refractivity contribution in [2.45, 2.75) is 59.1 Å². The van der Waals surface area contributed by atoms with Crippen LogP contribution < -0.4 is 5.32 Å². The largest absolute Gasteiger partial charge is 0.374 e. The van der Waals surface area contributed by atoms with Gasteiger partial charge in [-0.1, -0.05) is 27.7 Å². The molecule has 0 radical (unpaired) electrons. The normalized spacial score (nSPS) is 14.8. The van der Waals surface area contributed by atoms with E-state index in [1.54, 1.807) is 0 Å². The van der Waals surface area contributed by atoms with Crippen LogP contribution in [0.2, 0.25) is 0 Å². The van der Waals surface area contributed by atoms with Gasteiger partial charge in [0, 0.05) is 12.6 Å². The lowest BCUT2D eigenvalue weighted by molar-refractivity contribution is -0.0805. The number of ether oxygens (including phenoxy) is 1. The highest BCUT2D eigenvalue weighted by Crippen LogP contribution is 2.28. The highest BCUT2D eigenvalue weighted by molar-refractivity contribution is 4.92. The standard InChI is InChI=1S/C12H27NO/c1-7-12(8-2,14-9-3)11(13-6)10(4)5/h10-11,13H,7-9H2,1-6H3. The fourth-order valence-electron chi connectivity index (χ4n) is 2.48. The summed E-state index contributed by atoms with van der Waals surface area (Å²) in [5.41, 5.74) is 0.0116. The van der Waals surface area contributed by atoms with Crippen LogP contribution in [0.4, 0.5) is 0 Å². The second-order valence-electron chi connectivity index (χ2n) is 4.22. The highest BCUT2D eigenvalue weighted by atomic mass is 16.5. The zero-order valence-electron chi connectivity index (χ0n) is 10.7. The molecule has 0 fully saturated rings. The molecule has 0 spiro atoms. The molecule has 14 heavy (non-hydrogen) atoms. The lowest BCUT2D eigenvalue weighted by Gasteiger charge is -2.41. The molecular weight excluding hydrogens is 174 g/mol. The molecule has 0 rings (SSSR count). The highest BCUT2D eigenvalue weighted by Gasteiger charge is 2.37. The Morgan fingerprint density at radius 1 is 1.14 bits per heavy atom. The van der Waals surface area contributed by atoms with Crippen molar-refractivity contribution < 1.29 is 4.74 Å². The monoisotopic (exact) mass is 201 g/mol. The minimum absolute atomic E-state index is 0.0116. The third-order valence-corrected chi connectivity index (χ3v) is 3.17. The minimum atomic E-state index is 0.0116. The van der Waals surface area contributed by atoms with E-state index in [0.717, 1.165) is 19.4 Å². The van der Waals surface area contributed by atoms with Crippen LogP contribution >= 0.6 is 0 Å². The number of hydrogen-bond acceptors (Lipinski definition) is 2. The van der Waals surface area contributed by atoms with Gasteiger partial charge in [-0.3, -0.25) is 0 Å².